The summed E-state index contributed by atoms with van der Waals surface area (Å²) in [5, 5.41) is 0. The van der Waals surface area contributed by atoms with Gasteiger partial charge in [0, 0.05) is 50.4 Å². The Kier molecular flexibility index (Phi) is 7.37. The lowest BCUT2D eigenvalue weighted by Crippen LogP contribution is -2.43. The summed E-state index contributed by atoms with van der Waals surface area (Å²) < 4.78 is 5.41. The molecule has 0 unspecified atom stereocenters. The fourth-order valence-electron chi connectivity index (χ4n) is 4.58. The monoisotopic (exact) mass is 480 g/mol. The highest BCUT2D eigenvalue weighted by atomic mass is 16.5. The molecule has 0 bridgehead atoms. The van der Waals surface area contributed by atoms with E-state index in [1.165, 1.54) is 6.20 Å². The first-order chi connectivity index (χ1) is 16.6. The second-order valence-electron chi connectivity index (χ2n) is 10.5. The van der Waals surface area contributed by atoms with E-state index in [1.807, 2.05) is 17.0 Å². The summed E-state index contributed by atoms with van der Waals surface area (Å²) >= 11 is 0. The number of aromatic nitrogens is 2. The van der Waals surface area contributed by atoms with Crippen molar-refractivity contribution >= 4 is 17.8 Å². The molecule has 9 heteroatoms. The normalized spacial score (nSPS) is 19.0. The Morgan fingerprint density at radius 1 is 1.14 bits per heavy atom. The van der Waals surface area contributed by atoms with Gasteiger partial charge in [0.25, 0.3) is 11.8 Å². The SMILES string of the molecule is CC(C)(C)c1cc(Cc2nc(N3CCC[C@H](N)C3)ncc2C(N)=O)cc(C(=O)N2CCOCC2)c1. The van der Waals surface area contributed by atoms with Crippen LogP contribution in [0.25, 0.3) is 0 Å². The van der Waals surface area contributed by atoms with E-state index in [-0.39, 0.29) is 22.9 Å². The van der Waals surface area contributed by atoms with Gasteiger partial charge in [-0.25, -0.2) is 9.97 Å². The smallest absolute Gasteiger partial charge is 0.254 e. The van der Waals surface area contributed by atoms with E-state index in [2.05, 4.69) is 36.7 Å². The van der Waals surface area contributed by atoms with Gasteiger partial charge in [-0.2, -0.15) is 0 Å². The molecule has 3 heterocycles. The zero-order valence-electron chi connectivity index (χ0n) is 20.9. The van der Waals surface area contributed by atoms with Gasteiger partial charge in [0.15, 0.2) is 0 Å². The van der Waals surface area contributed by atoms with Crippen LogP contribution in [-0.2, 0) is 16.6 Å². The molecule has 9 nitrogen and oxygen atoms in total. The van der Waals surface area contributed by atoms with Gasteiger partial charge in [-0.1, -0.05) is 26.8 Å². The van der Waals surface area contributed by atoms with Crippen molar-refractivity contribution in [1.29, 1.82) is 0 Å². The van der Waals surface area contributed by atoms with E-state index < -0.39 is 5.91 Å². The minimum absolute atomic E-state index is 0.0125. The highest BCUT2D eigenvalue weighted by Gasteiger charge is 2.24. The van der Waals surface area contributed by atoms with Gasteiger partial charge < -0.3 is 26.0 Å². The fraction of sp³-hybridized carbons (Fsp3) is 0.538. The van der Waals surface area contributed by atoms with Crippen LogP contribution < -0.4 is 16.4 Å². The average molecular weight is 481 g/mol. The lowest BCUT2D eigenvalue weighted by Gasteiger charge is -2.31. The molecule has 0 radical (unpaired) electrons. The lowest BCUT2D eigenvalue weighted by molar-refractivity contribution is 0.0302. The third-order valence-electron chi connectivity index (χ3n) is 6.64. The molecule has 0 saturated carbocycles. The summed E-state index contributed by atoms with van der Waals surface area (Å²) in [4.78, 5) is 38.5. The lowest BCUT2D eigenvalue weighted by atomic mass is 9.84. The number of morpholine rings is 1. The standard InChI is InChI=1S/C26H36N6O3/c1-26(2,3)19-12-17(11-18(14-19)24(34)31-7-9-35-10-8-31)13-22-21(23(28)33)15-29-25(30-22)32-6-4-5-20(27)16-32/h11-12,14-15,20H,4-10,13,16,27H2,1-3H3,(H2,28,33)/t20-/m0/s1. The number of benzene rings is 1. The molecule has 2 amide bonds. The number of amides is 2. The molecule has 188 valence electrons. The van der Waals surface area contributed by atoms with Crippen molar-refractivity contribution in [1.82, 2.24) is 14.9 Å². The highest BCUT2D eigenvalue weighted by Crippen LogP contribution is 2.27. The Hall–Kier alpha value is -3.04. The van der Waals surface area contributed by atoms with Crippen molar-refractivity contribution in [3.8, 4) is 0 Å². The quantitative estimate of drug-likeness (QED) is 0.669. The van der Waals surface area contributed by atoms with E-state index in [9.17, 15) is 9.59 Å². The van der Waals surface area contributed by atoms with Crippen molar-refractivity contribution in [2.45, 2.75) is 51.5 Å². The Bertz CT molecular complexity index is 1090. The van der Waals surface area contributed by atoms with E-state index in [1.54, 1.807) is 0 Å². The number of primary amides is 1. The van der Waals surface area contributed by atoms with E-state index in [4.69, 9.17) is 21.2 Å². The predicted octanol–water partition coefficient (Wildman–Crippen LogP) is 1.86. The van der Waals surface area contributed by atoms with Crippen molar-refractivity contribution in [2.75, 3.05) is 44.3 Å². The van der Waals surface area contributed by atoms with Crippen LogP contribution in [0, 0.1) is 0 Å². The van der Waals surface area contributed by atoms with Crippen molar-refractivity contribution in [2.24, 2.45) is 11.5 Å². The number of nitrogens with zero attached hydrogens (tertiary/aromatic N) is 4. The van der Waals surface area contributed by atoms with Gasteiger partial charge in [0.2, 0.25) is 5.95 Å². The average Bonchev–Trinajstić information content (AvgIpc) is 2.83. The maximum Gasteiger partial charge on any atom is 0.254 e. The Balaban J connectivity index is 1.70. The van der Waals surface area contributed by atoms with Crippen molar-refractivity contribution < 1.29 is 14.3 Å². The maximum atomic E-state index is 13.3. The Morgan fingerprint density at radius 2 is 1.89 bits per heavy atom. The van der Waals surface area contributed by atoms with Gasteiger partial charge >= 0.3 is 0 Å². The van der Waals surface area contributed by atoms with Gasteiger partial charge in [-0.05, 0) is 41.5 Å². The van der Waals surface area contributed by atoms with Gasteiger partial charge in [-0.3, -0.25) is 9.59 Å². The number of carbonyl (C=O) groups excluding carboxylic acids is 2. The molecule has 2 fully saturated rings. The second-order valence-corrected chi connectivity index (χ2v) is 10.5. The first-order valence-electron chi connectivity index (χ1n) is 12.3. The minimum atomic E-state index is -0.571. The van der Waals surface area contributed by atoms with E-state index in [0.29, 0.717) is 56.5 Å². The molecule has 1 aromatic carbocycles. The number of carbonyl (C=O) groups is 2. The predicted molar refractivity (Wildman–Crippen MR) is 135 cm³/mol. The molecule has 1 aromatic heterocycles. The summed E-state index contributed by atoms with van der Waals surface area (Å²) in [6, 6.07) is 6.02. The van der Waals surface area contributed by atoms with Crippen LogP contribution in [0.4, 0.5) is 5.95 Å². The summed E-state index contributed by atoms with van der Waals surface area (Å²) in [7, 11) is 0. The number of piperidine rings is 1. The molecule has 1 atom stereocenters. The molecule has 4 N–H and O–H groups in total. The van der Waals surface area contributed by atoms with Gasteiger partial charge in [0.1, 0.15) is 0 Å². The molecular weight excluding hydrogens is 444 g/mol. The van der Waals surface area contributed by atoms with Crippen molar-refractivity contribution in [3.63, 3.8) is 0 Å². The largest absolute Gasteiger partial charge is 0.378 e. The number of nitrogens with two attached hydrogens (primary N) is 2. The van der Waals surface area contributed by atoms with Crippen LogP contribution in [-0.4, -0.2) is 72.1 Å². The summed E-state index contributed by atoms with van der Waals surface area (Å²) in [5.74, 6) is -0.0308. The third-order valence-corrected chi connectivity index (χ3v) is 6.64. The first-order valence-corrected chi connectivity index (χ1v) is 12.3. The number of ether oxygens (including phenoxy) is 1. The van der Waals surface area contributed by atoms with E-state index in [0.717, 1.165) is 30.5 Å². The zero-order valence-corrected chi connectivity index (χ0v) is 20.9. The number of rotatable bonds is 5. The molecule has 2 aliphatic heterocycles. The number of anilines is 1. The van der Waals surface area contributed by atoms with Gasteiger partial charge in [-0.15, -0.1) is 0 Å². The van der Waals surface area contributed by atoms with Crippen molar-refractivity contribution in [3.05, 3.63) is 52.3 Å². The molecule has 0 aliphatic carbocycles. The summed E-state index contributed by atoms with van der Waals surface area (Å²) in [6.07, 6.45) is 3.81. The molecule has 2 saturated heterocycles. The zero-order chi connectivity index (χ0) is 25.2. The Morgan fingerprint density at radius 3 is 2.54 bits per heavy atom. The van der Waals surface area contributed by atoms with Crippen LogP contribution in [0.1, 0.15) is 71.1 Å². The van der Waals surface area contributed by atoms with Crippen LogP contribution in [0.15, 0.2) is 24.4 Å². The molecule has 0 spiro atoms. The molecule has 4 rings (SSSR count). The fourth-order valence-corrected chi connectivity index (χ4v) is 4.58. The van der Waals surface area contributed by atoms with Gasteiger partial charge in [0.05, 0.1) is 24.5 Å². The van der Waals surface area contributed by atoms with Crippen LogP contribution >= 0.6 is 0 Å². The number of hydrogen-bond acceptors (Lipinski definition) is 7. The maximum absolute atomic E-state index is 13.3. The third kappa shape index (κ3) is 5.97. The first kappa shape index (κ1) is 25.1. The molecule has 2 aromatic rings. The van der Waals surface area contributed by atoms with E-state index >= 15 is 0 Å². The second kappa shape index (κ2) is 10.3. The summed E-state index contributed by atoms with van der Waals surface area (Å²) in [5.41, 5.74) is 15.1. The molecule has 2 aliphatic rings. The van der Waals surface area contributed by atoms with Crippen LogP contribution in [0.3, 0.4) is 0 Å². The number of hydrogen-bond donors (Lipinski definition) is 2. The topological polar surface area (TPSA) is 128 Å². The Labute approximate surface area is 206 Å². The molecule has 35 heavy (non-hydrogen) atoms. The minimum Gasteiger partial charge on any atom is -0.378 e. The van der Waals surface area contributed by atoms with Crippen LogP contribution in [0.2, 0.25) is 0 Å². The summed E-state index contributed by atoms with van der Waals surface area (Å²) in [6.45, 7) is 10.1. The highest BCUT2D eigenvalue weighted by molar-refractivity contribution is 5.95. The van der Waals surface area contributed by atoms with Crippen LogP contribution in [0.5, 0.6) is 0 Å². The molecular formula is C26H36N6O3.